The number of methoxy groups -OCH3 is 1. The second-order valence-electron chi connectivity index (χ2n) is 6.31. The lowest BCUT2D eigenvalue weighted by atomic mass is 9.96. The van der Waals surface area contributed by atoms with E-state index in [1.165, 1.54) is 0 Å². The number of rotatable bonds is 3. The maximum absolute atomic E-state index is 12.0. The number of amides is 1. The van der Waals surface area contributed by atoms with Crippen LogP contribution in [0.4, 0.5) is 4.79 Å². The Morgan fingerprint density at radius 2 is 1.75 bits per heavy atom. The molecule has 138 valence electrons. The van der Waals surface area contributed by atoms with Gasteiger partial charge in [-0.3, -0.25) is 4.98 Å². The van der Waals surface area contributed by atoms with E-state index in [1.54, 1.807) is 19.5 Å². The van der Waals surface area contributed by atoms with E-state index in [4.69, 9.17) is 9.47 Å². The third kappa shape index (κ3) is 3.67. The molecule has 28 heavy (non-hydrogen) atoms. The molecule has 2 aromatic carbocycles. The summed E-state index contributed by atoms with van der Waals surface area (Å²) in [7, 11) is 1.60. The molecule has 2 atom stereocenters. The molecule has 0 bridgehead atoms. The van der Waals surface area contributed by atoms with E-state index < -0.39 is 12.2 Å². The second-order valence-corrected chi connectivity index (χ2v) is 6.31. The molecular formula is C23H18N2O3. The molecule has 2 heterocycles. The minimum Gasteiger partial charge on any atom is -0.496 e. The number of hydrogen-bond donors (Lipinski definition) is 1. The number of aromatic nitrogens is 1. The van der Waals surface area contributed by atoms with E-state index in [9.17, 15) is 4.79 Å². The Hall–Kier alpha value is -3.78. The van der Waals surface area contributed by atoms with Gasteiger partial charge in [-0.05, 0) is 29.8 Å². The maximum atomic E-state index is 12.0. The van der Waals surface area contributed by atoms with Crippen LogP contribution in [-0.2, 0) is 4.74 Å². The first-order chi connectivity index (χ1) is 13.7. The van der Waals surface area contributed by atoms with E-state index in [0.29, 0.717) is 5.75 Å². The summed E-state index contributed by atoms with van der Waals surface area (Å²) in [4.78, 5) is 16.3. The number of nitrogens with zero attached hydrogens (tertiary/aromatic N) is 1. The third-order valence-corrected chi connectivity index (χ3v) is 4.50. The summed E-state index contributed by atoms with van der Waals surface area (Å²) in [6.45, 7) is 0. The molecule has 0 radical (unpaired) electrons. The fraction of sp³-hybridized carbons (Fsp3) is 0.130. The Morgan fingerprint density at radius 1 is 1.00 bits per heavy atom. The Kier molecular flexibility index (Phi) is 4.94. The highest BCUT2D eigenvalue weighted by Crippen LogP contribution is 2.40. The summed E-state index contributed by atoms with van der Waals surface area (Å²) in [6.07, 6.45) is 2.44. The van der Waals surface area contributed by atoms with Crippen molar-refractivity contribution in [2.45, 2.75) is 12.1 Å². The molecule has 0 aliphatic carbocycles. The molecule has 1 aromatic heterocycles. The van der Waals surface area contributed by atoms with Gasteiger partial charge in [0.1, 0.15) is 11.8 Å². The summed E-state index contributed by atoms with van der Waals surface area (Å²) >= 11 is 0. The summed E-state index contributed by atoms with van der Waals surface area (Å²) in [6, 6.07) is 18.8. The first kappa shape index (κ1) is 17.6. The predicted octanol–water partition coefficient (Wildman–Crippen LogP) is 4.01. The molecular weight excluding hydrogens is 352 g/mol. The van der Waals surface area contributed by atoms with Crippen molar-refractivity contribution in [2.24, 2.45) is 0 Å². The van der Waals surface area contributed by atoms with E-state index in [1.807, 2.05) is 60.7 Å². The Balaban J connectivity index is 1.66. The van der Waals surface area contributed by atoms with Gasteiger partial charge in [0.25, 0.3) is 0 Å². The molecule has 1 fully saturated rings. The van der Waals surface area contributed by atoms with Crippen LogP contribution in [0.25, 0.3) is 0 Å². The normalized spacial score (nSPS) is 17.8. The molecule has 1 aliphatic rings. The lowest BCUT2D eigenvalue weighted by molar-refractivity contribution is 0.130. The van der Waals surface area contributed by atoms with E-state index >= 15 is 0 Å². The van der Waals surface area contributed by atoms with Crippen molar-refractivity contribution < 1.29 is 14.3 Å². The number of carbonyl (C=O) groups excluding carboxylic acids is 1. The molecule has 5 nitrogen and oxygen atoms in total. The molecule has 0 saturated carbocycles. The predicted molar refractivity (Wildman–Crippen MR) is 105 cm³/mol. The van der Waals surface area contributed by atoms with Gasteiger partial charge in [0.05, 0.1) is 7.11 Å². The van der Waals surface area contributed by atoms with Gasteiger partial charge in [-0.2, -0.15) is 0 Å². The van der Waals surface area contributed by atoms with Gasteiger partial charge in [0.2, 0.25) is 0 Å². The average molecular weight is 370 g/mol. The van der Waals surface area contributed by atoms with Crippen molar-refractivity contribution in [3.63, 3.8) is 0 Å². The van der Waals surface area contributed by atoms with Crippen molar-refractivity contribution in [1.82, 2.24) is 10.3 Å². The van der Waals surface area contributed by atoms with Gasteiger partial charge < -0.3 is 14.8 Å². The molecule has 5 heteroatoms. The Labute approximate surface area is 163 Å². The number of alkyl carbamates (subject to hydrolysis) is 1. The van der Waals surface area contributed by atoms with Crippen LogP contribution < -0.4 is 10.1 Å². The van der Waals surface area contributed by atoms with Crippen LogP contribution in [0.1, 0.15) is 34.4 Å². The van der Waals surface area contributed by atoms with Crippen LogP contribution in [0.2, 0.25) is 0 Å². The van der Waals surface area contributed by atoms with Crippen LogP contribution in [0.15, 0.2) is 73.1 Å². The van der Waals surface area contributed by atoms with E-state index in [2.05, 4.69) is 22.1 Å². The molecule has 1 saturated heterocycles. The number of hydrogen-bond acceptors (Lipinski definition) is 4. The Morgan fingerprint density at radius 3 is 2.57 bits per heavy atom. The summed E-state index contributed by atoms with van der Waals surface area (Å²) in [5.41, 5.74) is 3.31. The summed E-state index contributed by atoms with van der Waals surface area (Å²) in [5, 5.41) is 2.87. The largest absolute Gasteiger partial charge is 0.496 e. The van der Waals surface area contributed by atoms with E-state index in [-0.39, 0.29) is 6.04 Å². The molecule has 1 aliphatic heterocycles. The van der Waals surface area contributed by atoms with Gasteiger partial charge >= 0.3 is 6.09 Å². The quantitative estimate of drug-likeness (QED) is 0.708. The fourth-order valence-corrected chi connectivity index (χ4v) is 3.18. The molecule has 0 spiro atoms. The van der Waals surface area contributed by atoms with Crippen molar-refractivity contribution in [2.75, 3.05) is 7.11 Å². The Bertz CT molecular complexity index is 1050. The zero-order valence-electron chi connectivity index (χ0n) is 15.3. The van der Waals surface area contributed by atoms with Crippen molar-refractivity contribution in [3.8, 4) is 17.6 Å². The van der Waals surface area contributed by atoms with Crippen LogP contribution in [0.3, 0.4) is 0 Å². The van der Waals surface area contributed by atoms with Gasteiger partial charge in [-0.1, -0.05) is 48.2 Å². The number of cyclic esters (lactones) is 1. The van der Waals surface area contributed by atoms with Crippen LogP contribution in [0, 0.1) is 11.8 Å². The molecule has 0 unspecified atom stereocenters. The number of carbonyl (C=O) groups is 1. The lowest BCUT2D eigenvalue weighted by Gasteiger charge is -2.19. The standard InChI is InChI=1S/C23H18N2O3/c1-27-20-10-6-5-9-19(20)22-21(25-23(26)28-22)18-13-17(14-24-15-18)12-11-16-7-3-2-4-8-16/h2-10,13-15,21-22H,1H3,(H,25,26)/t21-,22+/m0/s1. The highest BCUT2D eigenvalue weighted by molar-refractivity contribution is 5.71. The fourth-order valence-electron chi connectivity index (χ4n) is 3.18. The highest BCUT2D eigenvalue weighted by atomic mass is 16.6. The molecule has 3 aromatic rings. The van der Waals surface area contributed by atoms with Gasteiger partial charge in [-0.15, -0.1) is 0 Å². The van der Waals surface area contributed by atoms with Crippen LogP contribution in [-0.4, -0.2) is 18.2 Å². The monoisotopic (exact) mass is 370 g/mol. The minimum absolute atomic E-state index is 0.380. The third-order valence-electron chi connectivity index (χ3n) is 4.50. The minimum atomic E-state index is -0.511. The lowest BCUT2D eigenvalue weighted by Crippen LogP contribution is -2.20. The highest BCUT2D eigenvalue weighted by Gasteiger charge is 2.38. The van der Waals surface area contributed by atoms with Crippen molar-refractivity contribution in [1.29, 1.82) is 0 Å². The number of pyridine rings is 1. The van der Waals surface area contributed by atoms with Crippen molar-refractivity contribution in [3.05, 3.63) is 95.3 Å². The first-order valence-corrected chi connectivity index (χ1v) is 8.86. The second kappa shape index (κ2) is 7.85. The molecule has 1 amide bonds. The maximum Gasteiger partial charge on any atom is 0.408 e. The van der Waals surface area contributed by atoms with Gasteiger partial charge in [0.15, 0.2) is 6.10 Å². The van der Waals surface area contributed by atoms with Crippen molar-refractivity contribution >= 4 is 6.09 Å². The molecule has 1 N–H and O–H groups in total. The molecule has 4 rings (SSSR count). The van der Waals surface area contributed by atoms with E-state index in [0.717, 1.165) is 22.3 Å². The zero-order chi connectivity index (χ0) is 19.3. The number of nitrogens with one attached hydrogen (secondary N) is 1. The number of ether oxygens (including phenoxy) is 2. The SMILES string of the molecule is COc1ccccc1[C@H]1OC(=O)N[C@H]1c1cncc(C#Cc2ccccc2)c1. The van der Waals surface area contributed by atoms with Gasteiger partial charge in [-0.25, -0.2) is 4.79 Å². The smallest absolute Gasteiger partial charge is 0.408 e. The van der Waals surface area contributed by atoms with Crippen LogP contribution >= 0.6 is 0 Å². The number of para-hydroxylation sites is 1. The topological polar surface area (TPSA) is 60.5 Å². The van der Waals surface area contributed by atoms with Gasteiger partial charge in [0, 0.05) is 29.1 Å². The summed E-state index contributed by atoms with van der Waals surface area (Å²) in [5.74, 6) is 6.91. The van der Waals surface area contributed by atoms with Crippen LogP contribution in [0.5, 0.6) is 5.75 Å². The first-order valence-electron chi connectivity index (χ1n) is 8.86. The summed E-state index contributed by atoms with van der Waals surface area (Å²) < 4.78 is 11.0. The zero-order valence-corrected chi connectivity index (χ0v) is 15.3. The average Bonchev–Trinajstić information content (AvgIpc) is 3.15. The number of benzene rings is 2.